The molecule has 0 N–H and O–H groups in total. The van der Waals surface area contributed by atoms with Crippen molar-refractivity contribution in [1.82, 2.24) is 14.2 Å². The van der Waals surface area contributed by atoms with Crippen LogP contribution in [0.1, 0.15) is 11.1 Å². The van der Waals surface area contributed by atoms with E-state index in [4.69, 9.17) is 11.6 Å². The highest BCUT2D eigenvalue weighted by molar-refractivity contribution is 7.88. The third-order valence-corrected chi connectivity index (χ3v) is 7.33. The Labute approximate surface area is 170 Å². The summed E-state index contributed by atoms with van der Waals surface area (Å²) in [7, 11) is -3.38. The van der Waals surface area contributed by atoms with Crippen LogP contribution in [0.25, 0.3) is 10.9 Å². The molecule has 7 heteroatoms. The van der Waals surface area contributed by atoms with Gasteiger partial charge in [-0.3, -0.25) is 9.88 Å². The van der Waals surface area contributed by atoms with E-state index in [1.165, 1.54) is 5.56 Å². The number of aromatic nitrogens is 1. The van der Waals surface area contributed by atoms with Gasteiger partial charge < -0.3 is 0 Å². The molecular weight excluding hydrogens is 394 g/mol. The zero-order valence-electron chi connectivity index (χ0n) is 15.5. The van der Waals surface area contributed by atoms with Crippen molar-refractivity contribution >= 4 is 32.5 Å². The maximum Gasteiger partial charge on any atom is 0.218 e. The number of sulfonamides is 1. The standard InChI is InChI=1S/C21H22ClN3O2S/c22-20-9-2-1-5-19(20)16-28(26,27)25-13-11-24(12-14-25)15-18-7-3-6-17-8-4-10-23-21(17)18/h1-10H,11-16H2. The zero-order valence-corrected chi connectivity index (χ0v) is 17.0. The van der Waals surface area contributed by atoms with Crippen molar-refractivity contribution in [3.8, 4) is 0 Å². The SMILES string of the molecule is O=S(=O)(Cc1ccccc1Cl)N1CCN(Cc2cccc3cccnc23)CC1. The molecule has 0 unspecified atom stereocenters. The van der Waals surface area contributed by atoms with Crippen molar-refractivity contribution in [2.45, 2.75) is 12.3 Å². The zero-order chi connectivity index (χ0) is 19.6. The molecule has 3 aromatic rings. The maximum absolute atomic E-state index is 12.8. The van der Waals surface area contributed by atoms with Crippen LogP contribution < -0.4 is 0 Å². The quantitative estimate of drug-likeness (QED) is 0.639. The fourth-order valence-electron chi connectivity index (χ4n) is 3.60. The van der Waals surface area contributed by atoms with Gasteiger partial charge in [0.1, 0.15) is 0 Å². The Hall–Kier alpha value is -1.99. The van der Waals surface area contributed by atoms with E-state index in [0.717, 1.165) is 17.4 Å². The van der Waals surface area contributed by atoms with Crippen LogP contribution in [0.15, 0.2) is 60.8 Å². The molecule has 146 valence electrons. The molecule has 1 saturated heterocycles. The van der Waals surface area contributed by atoms with Crippen LogP contribution in [0.4, 0.5) is 0 Å². The second-order valence-corrected chi connectivity index (χ2v) is 9.39. The average Bonchev–Trinajstić information content (AvgIpc) is 2.70. The minimum Gasteiger partial charge on any atom is -0.296 e. The lowest BCUT2D eigenvalue weighted by molar-refractivity contribution is 0.182. The maximum atomic E-state index is 12.8. The van der Waals surface area contributed by atoms with Crippen molar-refractivity contribution < 1.29 is 8.42 Å². The summed E-state index contributed by atoms with van der Waals surface area (Å²) in [6, 6.07) is 17.3. The van der Waals surface area contributed by atoms with Gasteiger partial charge in [0, 0.05) is 49.3 Å². The Kier molecular flexibility index (Phi) is 5.64. The summed E-state index contributed by atoms with van der Waals surface area (Å²) in [6.45, 7) is 3.15. The molecular formula is C21H22ClN3O2S. The van der Waals surface area contributed by atoms with Gasteiger partial charge in [-0.05, 0) is 23.3 Å². The van der Waals surface area contributed by atoms with Crippen LogP contribution in [0, 0.1) is 0 Å². The highest BCUT2D eigenvalue weighted by Crippen LogP contribution is 2.22. The summed E-state index contributed by atoms with van der Waals surface area (Å²) in [5, 5.41) is 1.62. The Morgan fingerprint density at radius 1 is 0.893 bits per heavy atom. The molecule has 2 heterocycles. The molecule has 4 rings (SSSR count). The number of nitrogens with zero attached hydrogens (tertiary/aromatic N) is 3. The van der Waals surface area contributed by atoms with Gasteiger partial charge in [0.05, 0.1) is 11.3 Å². The van der Waals surface area contributed by atoms with Crippen LogP contribution in [-0.2, 0) is 22.3 Å². The summed E-state index contributed by atoms with van der Waals surface area (Å²) in [4.78, 5) is 6.79. The Morgan fingerprint density at radius 2 is 1.61 bits per heavy atom. The van der Waals surface area contributed by atoms with Crippen molar-refractivity contribution in [2.75, 3.05) is 26.2 Å². The van der Waals surface area contributed by atoms with Gasteiger partial charge in [-0.1, -0.05) is 54.1 Å². The molecule has 0 spiro atoms. The van der Waals surface area contributed by atoms with E-state index in [-0.39, 0.29) is 5.75 Å². The topological polar surface area (TPSA) is 53.5 Å². The van der Waals surface area contributed by atoms with E-state index < -0.39 is 10.0 Å². The monoisotopic (exact) mass is 415 g/mol. The van der Waals surface area contributed by atoms with Gasteiger partial charge in [-0.25, -0.2) is 8.42 Å². The van der Waals surface area contributed by atoms with E-state index in [0.29, 0.717) is 36.8 Å². The van der Waals surface area contributed by atoms with E-state index in [2.05, 4.69) is 28.1 Å². The number of rotatable bonds is 5. The van der Waals surface area contributed by atoms with Crippen molar-refractivity contribution in [1.29, 1.82) is 0 Å². The highest BCUT2D eigenvalue weighted by atomic mass is 35.5. The summed E-state index contributed by atoms with van der Waals surface area (Å²) in [5.74, 6) is -0.0556. The van der Waals surface area contributed by atoms with Crippen LogP contribution in [-0.4, -0.2) is 48.8 Å². The molecule has 2 aromatic carbocycles. The Morgan fingerprint density at radius 3 is 2.39 bits per heavy atom. The lowest BCUT2D eigenvalue weighted by atomic mass is 10.1. The van der Waals surface area contributed by atoms with Gasteiger partial charge in [0.2, 0.25) is 10.0 Å². The number of halogens is 1. The van der Waals surface area contributed by atoms with Crippen LogP contribution in [0.2, 0.25) is 5.02 Å². The van der Waals surface area contributed by atoms with E-state index in [9.17, 15) is 8.42 Å². The Bertz CT molecular complexity index is 1070. The fraction of sp³-hybridized carbons (Fsp3) is 0.286. The number of hydrogen-bond acceptors (Lipinski definition) is 4. The number of para-hydroxylation sites is 1. The lowest BCUT2D eigenvalue weighted by Gasteiger charge is -2.34. The highest BCUT2D eigenvalue weighted by Gasteiger charge is 2.27. The van der Waals surface area contributed by atoms with Gasteiger partial charge in [0.15, 0.2) is 0 Å². The fourth-order valence-corrected chi connectivity index (χ4v) is 5.43. The molecule has 0 saturated carbocycles. The molecule has 0 amide bonds. The smallest absolute Gasteiger partial charge is 0.218 e. The second kappa shape index (κ2) is 8.17. The third kappa shape index (κ3) is 4.20. The molecule has 1 aliphatic heterocycles. The first-order valence-corrected chi connectivity index (χ1v) is 11.3. The predicted octanol–water partition coefficient (Wildman–Crippen LogP) is 3.54. The molecule has 0 radical (unpaired) electrons. The normalized spacial score (nSPS) is 16.5. The largest absolute Gasteiger partial charge is 0.296 e. The van der Waals surface area contributed by atoms with Gasteiger partial charge in [-0.2, -0.15) is 4.31 Å². The number of piperazine rings is 1. The van der Waals surface area contributed by atoms with Crippen molar-refractivity contribution in [2.24, 2.45) is 0 Å². The minimum atomic E-state index is -3.38. The van der Waals surface area contributed by atoms with Crippen LogP contribution in [0.3, 0.4) is 0 Å². The molecule has 1 aliphatic rings. The van der Waals surface area contributed by atoms with Gasteiger partial charge in [0.25, 0.3) is 0 Å². The molecule has 5 nitrogen and oxygen atoms in total. The number of pyridine rings is 1. The Balaban J connectivity index is 1.41. The lowest BCUT2D eigenvalue weighted by Crippen LogP contribution is -2.48. The van der Waals surface area contributed by atoms with Crippen LogP contribution >= 0.6 is 11.6 Å². The predicted molar refractivity (Wildman–Crippen MR) is 113 cm³/mol. The minimum absolute atomic E-state index is 0.0556. The molecule has 28 heavy (non-hydrogen) atoms. The number of benzene rings is 2. The van der Waals surface area contributed by atoms with Gasteiger partial charge >= 0.3 is 0 Å². The van der Waals surface area contributed by atoms with Crippen molar-refractivity contribution in [3.05, 3.63) is 76.9 Å². The molecule has 1 aromatic heterocycles. The molecule has 0 atom stereocenters. The number of fused-ring (bicyclic) bond motifs is 1. The first-order chi connectivity index (χ1) is 13.5. The first kappa shape index (κ1) is 19.3. The van der Waals surface area contributed by atoms with E-state index in [1.807, 2.05) is 24.4 Å². The molecule has 0 aliphatic carbocycles. The summed E-state index contributed by atoms with van der Waals surface area (Å²) >= 11 is 6.13. The second-order valence-electron chi connectivity index (χ2n) is 7.02. The molecule has 1 fully saturated rings. The average molecular weight is 416 g/mol. The summed E-state index contributed by atoms with van der Waals surface area (Å²) < 4.78 is 27.1. The van der Waals surface area contributed by atoms with Gasteiger partial charge in [-0.15, -0.1) is 0 Å². The van der Waals surface area contributed by atoms with E-state index in [1.54, 1.807) is 22.5 Å². The summed E-state index contributed by atoms with van der Waals surface area (Å²) in [5.41, 5.74) is 2.83. The van der Waals surface area contributed by atoms with E-state index >= 15 is 0 Å². The first-order valence-electron chi connectivity index (χ1n) is 9.29. The van der Waals surface area contributed by atoms with Crippen LogP contribution in [0.5, 0.6) is 0 Å². The van der Waals surface area contributed by atoms with Crippen molar-refractivity contribution in [3.63, 3.8) is 0 Å². The number of hydrogen-bond donors (Lipinski definition) is 0. The summed E-state index contributed by atoms with van der Waals surface area (Å²) in [6.07, 6.45) is 1.81. The molecule has 0 bridgehead atoms. The third-order valence-electron chi connectivity index (χ3n) is 5.13.